The van der Waals surface area contributed by atoms with Gasteiger partial charge in [0, 0.05) is 32.2 Å². The summed E-state index contributed by atoms with van der Waals surface area (Å²) in [4.78, 5) is 18.1. The summed E-state index contributed by atoms with van der Waals surface area (Å²) in [5.74, 6) is -1.92. The number of carbonyl (C=O) groups is 1. The van der Waals surface area contributed by atoms with Crippen molar-refractivity contribution in [2.24, 2.45) is 7.05 Å². The number of hydrogen-bond acceptors (Lipinski definition) is 5. The van der Waals surface area contributed by atoms with Gasteiger partial charge in [-0.25, -0.2) is 9.37 Å². The molecule has 3 aromatic rings. The predicted molar refractivity (Wildman–Crippen MR) is 118 cm³/mol. The highest BCUT2D eigenvalue weighted by Crippen LogP contribution is 2.35. The molecule has 3 unspecified atom stereocenters. The summed E-state index contributed by atoms with van der Waals surface area (Å²) < 4.78 is 69.9. The molecule has 1 aromatic carbocycles. The molecule has 164 valence electrons. The molecule has 1 aliphatic heterocycles. The van der Waals surface area contributed by atoms with E-state index in [1.54, 1.807) is 30.2 Å². The first-order valence-corrected chi connectivity index (χ1v) is 11.5. The van der Waals surface area contributed by atoms with E-state index in [0.717, 1.165) is 30.5 Å². The first kappa shape index (κ1) is 18.3. The van der Waals surface area contributed by atoms with Crippen LogP contribution in [0.1, 0.15) is 21.4 Å². The van der Waals surface area contributed by atoms with Crippen LogP contribution in [0.5, 0.6) is 0 Å². The standard InChI is InChI=1S/C19H19ClFN5O3S2/c1-25-9-15(22-10-25)18-6-5-17(30-18)14-8-16(26(2)31(28,29)24-14)19(27)23-11-3-4-13(21)12(20)7-11/h3-7,9-10,14,16,24H,8H2,1-2H3,(H,23,27)/i8D,14D,16D. The summed E-state index contributed by atoms with van der Waals surface area (Å²) >= 11 is 6.77. The van der Waals surface area contributed by atoms with Crippen LogP contribution in [-0.2, 0) is 22.1 Å². The van der Waals surface area contributed by atoms with Crippen molar-refractivity contribution in [3.63, 3.8) is 0 Å². The molecule has 0 radical (unpaired) electrons. The minimum atomic E-state index is -4.53. The van der Waals surface area contributed by atoms with Crippen molar-refractivity contribution in [2.45, 2.75) is 18.4 Å². The maximum atomic E-state index is 13.5. The smallest absolute Gasteiger partial charge is 0.280 e. The number of hydrogen-bond donors (Lipinski definition) is 2. The molecule has 0 spiro atoms. The Bertz CT molecular complexity index is 1390. The normalized spacial score (nSPS) is 29.7. The van der Waals surface area contributed by atoms with Gasteiger partial charge in [-0.15, -0.1) is 11.3 Å². The average molecular weight is 487 g/mol. The Balaban J connectivity index is 1.74. The highest BCUT2D eigenvalue weighted by molar-refractivity contribution is 7.87. The van der Waals surface area contributed by atoms with Gasteiger partial charge in [0.05, 0.1) is 30.7 Å². The lowest BCUT2D eigenvalue weighted by Gasteiger charge is -2.35. The van der Waals surface area contributed by atoms with Gasteiger partial charge in [0.25, 0.3) is 10.2 Å². The summed E-state index contributed by atoms with van der Waals surface area (Å²) in [6.45, 7) is 0. The topological polar surface area (TPSA) is 96.3 Å². The average Bonchev–Trinajstić information content (AvgIpc) is 3.43. The molecule has 2 aromatic heterocycles. The van der Waals surface area contributed by atoms with Crippen LogP contribution >= 0.6 is 22.9 Å². The monoisotopic (exact) mass is 486 g/mol. The number of carbonyl (C=O) groups excluding carboxylic acids is 1. The SMILES string of the molecule is [2H]C1C([2H])(c2ccc(-c3cn(C)cn3)s2)NS(=O)(=O)N(C)C1([2H])C(=O)Nc1ccc(F)c(Cl)c1. The zero-order valence-electron chi connectivity index (χ0n) is 19.3. The van der Waals surface area contributed by atoms with Crippen molar-refractivity contribution in [1.29, 1.82) is 0 Å². The first-order chi connectivity index (χ1) is 15.8. The van der Waals surface area contributed by atoms with Crippen LogP contribution in [-0.4, -0.2) is 41.2 Å². The zero-order valence-corrected chi connectivity index (χ0v) is 18.6. The minimum absolute atomic E-state index is 0.00342. The molecule has 0 aliphatic carbocycles. The van der Waals surface area contributed by atoms with Gasteiger partial charge in [-0.05, 0) is 36.7 Å². The number of imidazole rings is 1. The third kappa shape index (κ3) is 4.51. The van der Waals surface area contributed by atoms with E-state index >= 15 is 0 Å². The van der Waals surface area contributed by atoms with Crippen LogP contribution in [0, 0.1) is 5.82 Å². The number of anilines is 1. The van der Waals surface area contributed by atoms with Gasteiger partial charge in [-0.1, -0.05) is 11.6 Å². The third-order valence-electron chi connectivity index (χ3n) is 4.46. The second-order valence-electron chi connectivity index (χ2n) is 6.69. The number of aromatic nitrogens is 2. The van der Waals surface area contributed by atoms with Crippen molar-refractivity contribution in [1.82, 2.24) is 18.6 Å². The van der Waals surface area contributed by atoms with Crippen LogP contribution in [0.25, 0.3) is 10.6 Å². The van der Waals surface area contributed by atoms with E-state index in [1.807, 2.05) is 0 Å². The summed E-state index contributed by atoms with van der Waals surface area (Å²) in [5, 5.41) is 2.03. The Kier molecular flexibility index (Phi) is 4.91. The summed E-state index contributed by atoms with van der Waals surface area (Å²) in [7, 11) is -1.78. The van der Waals surface area contributed by atoms with Crippen molar-refractivity contribution >= 4 is 44.7 Å². The van der Waals surface area contributed by atoms with Gasteiger partial charge in [0.15, 0.2) is 0 Å². The lowest BCUT2D eigenvalue weighted by Crippen LogP contribution is -2.55. The Morgan fingerprint density at radius 1 is 1.42 bits per heavy atom. The fourth-order valence-corrected chi connectivity index (χ4v) is 5.02. The van der Waals surface area contributed by atoms with Crippen LogP contribution < -0.4 is 10.0 Å². The molecule has 1 saturated heterocycles. The summed E-state index contributed by atoms with van der Waals surface area (Å²) in [6, 6.07) is 1.27. The number of likely N-dealkylation sites (N-methyl/N-ethyl adjacent to an activating group) is 1. The van der Waals surface area contributed by atoms with Gasteiger partial charge < -0.3 is 9.88 Å². The van der Waals surface area contributed by atoms with Crippen LogP contribution in [0.4, 0.5) is 10.1 Å². The van der Waals surface area contributed by atoms with Crippen molar-refractivity contribution in [2.75, 3.05) is 12.4 Å². The number of aryl methyl sites for hydroxylation is 1. The van der Waals surface area contributed by atoms with E-state index in [9.17, 15) is 17.6 Å². The summed E-state index contributed by atoms with van der Waals surface area (Å²) in [5.41, 5.74) is 0.589. The lowest BCUT2D eigenvalue weighted by molar-refractivity contribution is -0.120. The molecule has 3 heterocycles. The van der Waals surface area contributed by atoms with E-state index < -0.39 is 40.4 Å². The molecule has 0 saturated carbocycles. The molecule has 1 fully saturated rings. The van der Waals surface area contributed by atoms with Crippen LogP contribution in [0.15, 0.2) is 42.9 Å². The number of benzene rings is 1. The first-order valence-electron chi connectivity index (χ1n) is 10.4. The second-order valence-corrected chi connectivity index (χ2v) is 9.88. The maximum Gasteiger partial charge on any atom is 0.280 e. The lowest BCUT2D eigenvalue weighted by atomic mass is 10.1. The third-order valence-corrected chi connectivity index (χ3v) is 7.28. The molecule has 31 heavy (non-hydrogen) atoms. The molecule has 12 heteroatoms. The molecule has 2 N–H and O–H groups in total. The van der Waals surface area contributed by atoms with E-state index in [1.165, 1.54) is 12.1 Å². The fraction of sp³-hybridized carbons (Fsp3) is 0.263. The van der Waals surface area contributed by atoms with Crippen molar-refractivity contribution in [3.05, 3.63) is 58.6 Å². The van der Waals surface area contributed by atoms with E-state index in [4.69, 9.17) is 15.7 Å². The van der Waals surface area contributed by atoms with Crippen LogP contribution in [0.2, 0.25) is 5.02 Å². The highest BCUT2D eigenvalue weighted by Gasteiger charge is 2.41. The van der Waals surface area contributed by atoms with Crippen molar-refractivity contribution in [3.8, 4) is 10.6 Å². The molecule has 1 aliphatic rings. The minimum Gasteiger partial charge on any atom is -0.340 e. The van der Waals surface area contributed by atoms with Gasteiger partial charge >= 0.3 is 0 Å². The van der Waals surface area contributed by atoms with Crippen molar-refractivity contribution < 1.29 is 21.7 Å². The molecule has 1 amide bonds. The molecule has 4 rings (SSSR count). The molecular formula is C19H19ClFN5O3S2. The van der Waals surface area contributed by atoms with E-state index in [-0.39, 0.29) is 15.6 Å². The predicted octanol–water partition coefficient (Wildman–Crippen LogP) is 3.16. The van der Waals surface area contributed by atoms with Gasteiger partial charge in [-0.3, -0.25) is 4.79 Å². The number of nitrogens with zero attached hydrogens (tertiary/aromatic N) is 3. The number of thiophene rings is 1. The molecule has 0 bridgehead atoms. The summed E-state index contributed by atoms with van der Waals surface area (Å²) in [6.07, 6.45) is 1.39. The number of rotatable bonds is 4. The second kappa shape index (κ2) is 8.32. The number of halogens is 2. The van der Waals surface area contributed by atoms with Gasteiger partial charge in [0.1, 0.15) is 11.8 Å². The molecular weight excluding hydrogens is 465 g/mol. The van der Waals surface area contributed by atoms with Crippen LogP contribution in [0.3, 0.4) is 0 Å². The molecule has 8 nitrogen and oxygen atoms in total. The van der Waals surface area contributed by atoms with E-state index in [2.05, 4.69) is 15.0 Å². The zero-order chi connectivity index (χ0) is 25.1. The Labute approximate surface area is 192 Å². The van der Waals surface area contributed by atoms with Gasteiger partial charge in [0.2, 0.25) is 5.91 Å². The largest absolute Gasteiger partial charge is 0.340 e. The number of nitrogens with one attached hydrogen (secondary N) is 2. The quantitative estimate of drug-likeness (QED) is 0.592. The Morgan fingerprint density at radius 3 is 2.87 bits per heavy atom. The Hall–Kier alpha value is -2.31. The number of amides is 1. The Morgan fingerprint density at radius 2 is 2.19 bits per heavy atom. The van der Waals surface area contributed by atoms with Gasteiger partial charge in [-0.2, -0.15) is 17.4 Å². The fourth-order valence-electron chi connectivity index (χ4n) is 2.85. The maximum absolute atomic E-state index is 13.5. The molecule has 3 atom stereocenters. The highest BCUT2D eigenvalue weighted by atomic mass is 35.5. The van der Waals surface area contributed by atoms with E-state index in [0.29, 0.717) is 14.9 Å².